The van der Waals surface area contributed by atoms with Gasteiger partial charge in [-0.1, -0.05) is 30.0 Å². The fourth-order valence-electron chi connectivity index (χ4n) is 1.05. The number of carbonyl (C=O) groups excluding carboxylic acids is 1. The average Bonchev–Trinajstić information content (AvgIpc) is 2.72. The molecule has 0 aliphatic heterocycles. The van der Waals surface area contributed by atoms with Gasteiger partial charge in [-0.25, -0.2) is 0 Å². The van der Waals surface area contributed by atoms with Gasteiger partial charge in [0.25, 0.3) is 0 Å². The summed E-state index contributed by atoms with van der Waals surface area (Å²) in [5.41, 5.74) is 0. The van der Waals surface area contributed by atoms with Crippen molar-refractivity contribution in [1.82, 2.24) is 10.2 Å². The van der Waals surface area contributed by atoms with Gasteiger partial charge in [-0.2, -0.15) is 0 Å². The number of thioether (sulfide) groups is 1. The Bertz CT molecular complexity index is 339. The number of hydrogen-bond donors (Lipinski definition) is 0. The van der Waals surface area contributed by atoms with Crippen molar-refractivity contribution in [3.63, 3.8) is 0 Å². The first-order valence-corrected chi connectivity index (χ1v) is 7.09. The molecule has 16 heavy (non-hydrogen) atoms. The van der Waals surface area contributed by atoms with Gasteiger partial charge in [0.2, 0.25) is 5.13 Å². The third-order valence-corrected chi connectivity index (χ3v) is 4.31. The van der Waals surface area contributed by atoms with Crippen LogP contribution >= 0.6 is 23.1 Å². The van der Waals surface area contributed by atoms with Gasteiger partial charge in [0.1, 0.15) is 5.78 Å². The van der Waals surface area contributed by atoms with E-state index in [1.165, 1.54) is 0 Å². The predicted octanol–water partition coefficient (Wildman–Crippen LogP) is 2.46. The largest absolute Gasteiger partial charge is 0.353 e. The lowest BCUT2D eigenvalue weighted by atomic mass is 10.2. The molecule has 1 heterocycles. The van der Waals surface area contributed by atoms with E-state index in [9.17, 15) is 4.79 Å². The van der Waals surface area contributed by atoms with Gasteiger partial charge in [0, 0.05) is 32.7 Å². The topological polar surface area (TPSA) is 46.1 Å². The van der Waals surface area contributed by atoms with Crippen LogP contribution in [0.1, 0.15) is 26.2 Å². The third kappa shape index (κ3) is 4.49. The Kier molecular flexibility index (Phi) is 5.76. The summed E-state index contributed by atoms with van der Waals surface area (Å²) in [5.74, 6) is 1.28. The van der Waals surface area contributed by atoms with Crippen LogP contribution in [0, 0.1) is 0 Å². The molecule has 6 heteroatoms. The van der Waals surface area contributed by atoms with Gasteiger partial charge in [0.15, 0.2) is 4.34 Å². The molecule has 0 unspecified atom stereocenters. The summed E-state index contributed by atoms with van der Waals surface area (Å²) in [4.78, 5) is 13.0. The summed E-state index contributed by atoms with van der Waals surface area (Å²) >= 11 is 3.26. The van der Waals surface area contributed by atoms with Crippen molar-refractivity contribution in [1.29, 1.82) is 0 Å². The fraction of sp³-hybridized carbons (Fsp3) is 0.700. The number of carbonyl (C=O) groups is 1. The molecule has 0 aromatic carbocycles. The smallest absolute Gasteiger partial charge is 0.208 e. The minimum atomic E-state index is 0.340. The van der Waals surface area contributed by atoms with E-state index in [4.69, 9.17) is 0 Å². The molecule has 0 atom stereocenters. The van der Waals surface area contributed by atoms with Crippen LogP contribution in [-0.2, 0) is 4.79 Å². The molecule has 0 bridgehead atoms. The van der Waals surface area contributed by atoms with E-state index in [-0.39, 0.29) is 0 Å². The summed E-state index contributed by atoms with van der Waals surface area (Å²) in [5, 5.41) is 9.05. The van der Waals surface area contributed by atoms with Gasteiger partial charge >= 0.3 is 0 Å². The molecule has 0 amide bonds. The van der Waals surface area contributed by atoms with Crippen molar-refractivity contribution in [2.75, 3.05) is 24.7 Å². The number of hydrogen-bond acceptors (Lipinski definition) is 6. The summed E-state index contributed by atoms with van der Waals surface area (Å²) in [6.07, 6.45) is 2.26. The second-order valence-electron chi connectivity index (χ2n) is 3.59. The first-order chi connectivity index (χ1) is 7.63. The zero-order chi connectivity index (χ0) is 12.0. The Morgan fingerprint density at radius 3 is 2.75 bits per heavy atom. The molecule has 1 aromatic heterocycles. The second-order valence-corrected chi connectivity index (χ2v) is 5.89. The molecule has 1 rings (SSSR count). The minimum Gasteiger partial charge on any atom is -0.353 e. The maximum Gasteiger partial charge on any atom is 0.208 e. The maximum absolute atomic E-state index is 11.1. The van der Waals surface area contributed by atoms with Crippen molar-refractivity contribution in [2.24, 2.45) is 0 Å². The molecule has 0 aliphatic rings. The van der Waals surface area contributed by atoms with Crippen LogP contribution in [-0.4, -0.2) is 35.8 Å². The lowest BCUT2D eigenvalue weighted by molar-refractivity contribution is -0.118. The Hall–Kier alpha value is -0.620. The van der Waals surface area contributed by atoms with Gasteiger partial charge in [0.05, 0.1) is 0 Å². The van der Waals surface area contributed by atoms with E-state index in [0.29, 0.717) is 18.6 Å². The average molecular weight is 259 g/mol. The minimum absolute atomic E-state index is 0.340. The van der Waals surface area contributed by atoms with Crippen molar-refractivity contribution >= 4 is 34.0 Å². The SMILES string of the molecule is CCC(=O)CCCSc1nnc(N(C)C)s1. The number of rotatable bonds is 7. The van der Waals surface area contributed by atoms with E-state index in [0.717, 1.165) is 21.6 Å². The van der Waals surface area contributed by atoms with Gasteiger partial charge in [-0.15, -0.1) is 10.2 Å². The molecule has 1 aromatic rings. The Morgan fingerprint density at radius 1 is 1.44 bits per heavy atom. The zero-order valence-corrected chi connectivity index (χ0v) is 11.5. The Morgan fingerprint density at radius 2 is 2.19 bits per heavy atom. The molecule has 0 fully saturated rings. The monoisotopic (exact) mass is 259 g/mol. The highest BCUT2D eigenvalue weighted by molar-refractivity contribution is 8.01. The van der Waals surface area contributed by atoms with Crippen LogP contribution in [0.4, 0.5) is 5.13 Å². The van der Waals surface area contributed by atoms with Gasteiger partial charge in [-0.3, -0.25) is 4.79 Å². The summed E-state index contributed by atoms with van der Waals surface area (Å²) in [6, 6.07) is 0. The number of nitrogens with zero attached hydrogens (tertiary/aromatic N) is 3. The highest BCUT2D eigenvalue weighted by Gasteiger charge is 2.06. The van der Waals surface area contributed by atoms with E-state index in [1.54, 1.807) is 23.1 Å². The van der Waals surface area contributed by atoms with Crippen LogP contribution in [0.5, 0.6) is 0 Å². The highest BCUT2D eigenvalue weighted by atomic mass is 32.2. The van der Waals surface area contributed by atoms with Gasteiger partial charge in [-0.05, 0) is 6.42 Å². The number of ketones is 1. The van der Waals surface area contributed by atoms with Gasteiger partial charge < -0.3 is 4.90 Å². The van der Waals surface area contributed by atoms with Crippen molar-refractivity contribution in [3.8, 4) is 0 Å². The van der Waals surface area contributed by atoms with E-state index < -0.39 is 0 Å². The fourth-order valence-corrected chi connectivity index (χ4v) is 2.82. The number of aromatic nitrogens is 2. The van der Waals surface area contributed by atoms with Crippen LogP contribution in [0.25, 0.3) is 0 Å². The number of anilines is 1. The molecular formula is C10H17N3OS2. The quantitative estimate of drug-likeness (QED) is 0.556. The molecule has 0 radical (unpaired) electrons. The molecular weight excluding hydrogens is 242 g/mol. The van der Waals surface area contributed by atoms with Crippen LogP contribution in [0.3, 0.4) is 0 Å². The Labute approximate surface area is 104 Å². The Balaban J connectivity index is 2.24. The summed E-state index contributed by atoms with van der Waals surface area (Å²) < 4.78 is 0.979. The van der Waals surface area contributed by atoms with E-state index in [2.05, 4.69) is 10.2 Å². The normalized spacial score (nSPS) is 10.4. The lowest BCUT2D eigenvalue weighted by Gasteiger charge is -2.03. The lowest BCUT2D eigenvalue weighted by Crippen LogP contribution is -2.07. The molecule has 90 valence electrons. The summed E-state index contributed by atoms with van der Waals surface area (Å²) in [6.45, 7) is 1.91. The standard InChI is InChI=1S/C10H17N3OS2/c1-4-8(14)6-5-7-15-10-12-11-9(16-10)13(2)3/h4-7H2,1-3H3. The van der Waals surface area contributed by atoms with Crippen LogP contribution in [0.15, 0.2) is 4.34 Å². The number of Topliss-reactive ketones (excluding diaryl/α,β-unsaturated/α-hetero) is 1. The van der Waals surface area contributed by atoms with Crippen molar-refractivity contribution < 1.29 is 4.79 Å². The predicted molar refractivity (Wildman–Crippen MR) is 69.5 cm³/mol. The van der Waals surface area contributed by atoms with Crippen LogP contribution in [0.2, 0.25) is 0 Å². The van der Waals surface area contributed by atoms with E-state index >= 15 is 0 Å². The first kappa shape index (κ1) is 13.4. The zero-order valence-electron chi connectivity index (χ0n) is 9.89. The third-order valence-electron chi connectivity index (χ3n) is 2.00. The van der Waals surface area contributed by atoms with Crippen LogP contribution < -0.4 is 4.90 Å². The van der Waals surface area contributed by atoms with Crippen molar-refractivity contribution in [3.05, 3.63) is 0 Å². The molecule has 0 aliphatic carbocycles. The summed E-state index contributed by atoms with van der Waals surface area (Å²) in [7, 11) is 3.91. The molecule has 0 spiro atoms. The first-order valence-electron chi connectivity index (χ1n) is 5.28. The van der Waals surface area contributed by atoms with E-state index in [1.807, 2.05) is 25.9 Å². The highest BCUT2D eigenvalue weighted by Crippen LogP contribution is 2.27. The molecule has 4 nitrogen and oxygen atoms in total. The molecule has 0 saturated heterocycles. The second kappa shape index (κ2) is 6.85. The maximum atomic E-state index is 11.1. The van der Waals surface area contributed by atoms with Crippen molar-refractivity contribution in [2.45, 2.75) is 30.5 Å². The molecule has 0 saturated carbocycles. The molecule has 0 N–H and O–H groups in total.